The highest BCUT2D eigenvalue weighted by molar-refractivity contribution is 7.97. The molecule has 0 radical (unpaired) electrons. The molecule has 0 bridgehead atoms. The summed E-state index contributed by atoms with van der Waals surface area (Å²) in [5.74, 6) is 5.30. The van der Waals surface area contributed by atoms with Crippen molar-refractivity contribution in [3.05, 3.63) is 0 Å². The van der Waals surface area contributed by atoms with Gasteiger partial charge < -0.3 is 5.73 Å². The van der Waals surface area contributed by atoms with E-state index in [1.807, 2.05) is 0 Å². The van der Waals surface area contributed by atoms with Gasteiger partial charge in [-0.1, -0.05) is 11.9 Å². The summed E-state index contributed by atoms with van der Waals surface area (Å²) in [6, 6.07) is 0. The fraction of sp³-hybridized carbons (Fsp3) is 1.00. The van der Waals surface area contributed by atoms with Crippen molar-refractivity contribution in [2.24, 2.45) is 11.6 Å². The number of hydrogen-bond donors (Lipinski definition) is 3. The van der Waals surface area contributed by atoms with Crippen molar-refractivity contribution in [3.8, 4) is 0 Å². The zero-order chi connectivity index (χ0) is 4.12. The Morgan fingerprint density at radius 1 is 1.80 bits per heavy atom. The molecule has 0 aliphatic rings. The molecule has 0 aromatic heterocycles. The number of rotatable bonds is 2. The molecule has 0 fully saturated rings. The molecule has 0 unspecified atom stereocenters. The Kier molecular flexibility index (Phi) is 4.42. The van der Waals surface area contributed by atoms with Gasteiger partial charge in [0.2, 0.25) is 0 Å². The number of hydrazine groups is 1. The van der Waals surface area contributed by atoms with Crippen molar-refractivity contribution < 1.29 is 0 Å². The summed E-state index contributed by atoms with van der Waals surface area (Å²) in [7, 11) is 0. The van der Waals surface area contributed by atoms with Crippen molar-refractivity contribution in [2.45, 2.75) is 0 Å². The minimum Gasteiger partial charge on any atom is -0.321 e. The Morgan fingerprint density at radius 3 is 2.40 bits per heavy atom. The van der Waals surface area contributed by atoms with Gasteiger partial charge in [0.15, 0.2) is 0 Å². The summed E-state index contributed by atoms with van der Waals surface area (Å²) in [6.45, 7) is 0. The zero-order valence-corrected chi connectivity index (χ0v) is 3.59. The molecule has 0 rings (SSSR count). The van der Waals surface area contributed by atoms with E-state index in [0.717, 1.165) is 0 Å². The molecule has 0 spiro atoms. The summed E-state index contributed by atoms with van der Waals surface area (Å²) < 4.78 is 0. The molecule has 0 saturated carbocycles. The molecule has 32 valence electrons. The van der Waals surface area contributed by atoms with Gasteiger partial charge >= 0.3 is 0 Å². The molecule has 0 heterocycles. The minimum atomic E-state index is 0.524. The third kappa shape index (κ3) is 4.23. The average molecular weight is 93.2 g/mol. The van der Waals surface area contributed by atoms with Crippen LogP contribution < -0.4 is 16.4 Å². The Labute approximate surface area is 35.2 Å². The van der Waals surface area contributed by atoms with Crippen LogP contribution in [0.5, 0.6) is 0 Å². The van der Waals surface area contributed by atoms with Crippen molar-refractivity contribution in [1.29, 1.82) is 0 Å². The highest BCUT2D eigenvalue weighted by atomic mass is 32.2. The summed E-state index contributed by atoms with van der Waals surface area (Å²) in [5, 5.41) is 0. The van der Waals surface area contributed by atoms with Crippen molar-refractivity contribution in [1.82, 2.24) is 4.83 Å². The predicted octanol–water partition coefficient (Wildman–Crippen LogP) is -0.986. The van der Waals surface area contributed by atoms with Gasteiger partial charge in [0, 0.05) is 0 Å². The highest BCUT2D eigenvalue weighted by Crippen LogP contribution is 1.75. The van der Waals surface area contributed by atoms with Gasteiger partial charge in [-0.3, -0.25) is 5.84 Å². The van der Waals surface area contributed by atoms with Gasteiger partial charge in [0.05, 0.1) is 5.88 Å². The molecule has 0 aliphatic carbocycles. The lowest BCUT2D eigenvalue weighted by Gasteiger charge is -1.84. The monoisotopic (exact) mass is 93.0 g/mol. The maximum Gasteiger partial charge on any atom is 0.0552 e. The van der Waals surface area contributed by atoms with Crippen molar-refractivity contribution in [3.63, 3.8) is 0 Å². The molecule has 0 atom stereocenters. The lowest BCUT2D eigenvalue weighted by atomic mass is 11.6. The van der Waals surface area contributed by atoms with Crippen LogP contribution in [0.25, 0.3) is 0 Å². The first kappa shape index (κ1) is 5.23. The van der Waals surface area contributed by atoms with Crippen LogP contribution in [0.4, 0.5) is 0 Å². The molecule has 5 N–H and O–H groups in total. The SMILES string of the molecule is NCSNN. The summed E-state index contributed by atoms with van der Waals surface area (Å²) in [4.78, 5) is 2.31. The maximum absolute atomic E-state index is 4.96. The smallest absolute Gasteiger partial charge is 0.0552 e. The number of hydrogen-bond acceptors (Lipinski definition) is 4. The van der Waals surface area contributed by atoms with E-state index in [4.69, 9.17) is 11.6 Å². The highest BCUT2D eigenvalue weighted by Gasteiger charge is 1.64. The molecule has 4 heteroatoms. The fourth-order valence-electron chi connectivity index (χ4n) is 0.0481. The van der Waals surface area contributed by atoms with Crippen LogP contribution in [0.2, 0.25) is 0 Å². The van der Waals surface area contributed by atoms with Gasteiger partial charge in [0.1, 0.15) is 0 Å². The largest absolute Gasteiger partial charge is 0.321 e. The third-order valence-electron chi connectivity index (χ3n) is 0.167. The Hall–Kier alpha value is 0.230. The summed E-state index contributed by atoms with van der Waals surface area (Å²) >= 11 is 1.27. The van der Waals surface area contributed by atoms with Gasteiger partial charge in [-0.25, -0.2) is 4.83 Å². The van der Waals surface area contributed by atoms with Crippen LogP contribution in [0, 0.1) is 0 Å². The first-order valence-electron chi connectivity index (χ1n) is 1.19. The standard InChI is InChI=1S/CH7N3S/c2-1-5-4-3/h4H,1-3H2. The molecule has 5 heavy (non-hydrogen) atoms. The first-order chi connectivity index (χ1) is 2.41. The van der Waals surface area contributed by atoms with Crippen molar-refractivity contribution >= 4 is 11.9 Å². The molecule has 0 saturated heterocycles. The van der Waals surface area contributed by atoms with E-state index in [1.165, 1.54) is 11.9 Å². The van der Waals surface area contributed by atoms with Crippen LogP contribution >= 0.6 is 11.9 Å². The van der Waals surface area contributed by atoms with Crippen LogP contribution in [0.3, 0.4) is 0 Å². The Balaban J connectivity index is 2.19. The van der Waals surface area contributed by atoms with Gasteiger partial charge in [0.25, 0.3) is 0 Å². The second-order valence-electron chi connectivity index (χ2n) is 0.429. The lowest BCUT2D eigenvalue weighted by molar-refractivity contribution is 1.11. The molecular weight excluding hydrogens is 86.1 g/mol. The predicted molar refractivity (Wildman–Crippen MR) is 24.0 cm³/mol. The minimum absolute atomic E-state index is 0.524. The average Bonchev–Trinajstić information content (AvgIpc) is 1.41. The van der Waals surface area contributed by atoms with E-state index in [-0.39, 0.29) is 0 Å². The fourth-order valence-corrected chi connectivity index (χ4v) is 0.144. The quantitative estimate of drug-likeness (QED) is 0.177. The third-order valence-corrected chi connectivity index (χ3v) is 0.500. The molecule has 0 amide bonds. The zero-order valence-electron chi connectivity index (χ0n) is 2.77. The van der Waals surface area contributed by atoms with E-state index in [2.05, 4.69) is 4.83 Å². The Morgan fingerprint density at radius 2 is 2.40 bits per heavy atom. The van der Waals surface area contributed by atoms with E-state index in [1.54, 1.807) is 0 Å². The van der Waals surface area contributed by atoms with Crippen LogP contribution in [-0.4, -0.2) is 5.88 Å². The van der Waals surface area contributed by atoms with Crippen LogP contribution in [0.1, 0.15) is 0 Å². The normalized spacial score (nSPS) is 8.40. The van der Waals surface area contributed by atoms with Crippen LogP contribution in [-0.2, 0) is 0 Å². The van der Waals surface area contributed by atoms with Gasteiger partial charge in [-0.05, 0) is 0 Å². The topological polar surface area (TPSA) is 64.1 Å². The molecule has 3 nitrogen and oxygen atoms in total. The lowest BCUT2D eigenvalue weighted by Crippen LogP contribution is -2.14. The van der Waals surface area contributed by atoms with Crippen LogP contribution in [0.15, 0.2) is 0 Å². The van der Waals surface area contributed by atoms with Gasteiger partial charge in [-0.15, -0.1) is 0 Å². The maximum atomic E-state index is 4.96. The van der Waals surface area contributed by atoms with E-state index < -0.39 is 0 Å². The van der Waals surface area contributed by atoms with E-state index in [0.29, 0.717) is 5.88 Å². The molecule has 0 aliphatic heterocycles. The van der Waals surface area contributed by atoms with Crippen molar-refractivity contribution in [2.75, 3.05) is 5.88 Å². The number of nitrogens with one attached hydrogen (secondary N) is 1. The van der Waals surface area contributed by atoms with E-state index >= 15 is 0 Å². The summed E-state index contributed by atoms with van der Waals surface area (Å²) in [5.41, 5.74) is 4.96. The Bertz CT molecular complexity index is 14.4. The number of nitrogens with two attached hydrogens (primary N) is 2. The molecule has 0 aromatic carbocycles. The summed E-state index contributed by atoms with van der Waals surface area (Å²) in [6.07, 6.45) is 0. The first-order valence-corrected chi connectivity index (χ1v) is 2.18. The molecular formula is CH7N3S. The second-order valence-corrected chi connectivity index (χ2v) is 1.29. The van der Waals surface area contributed by atoms with Gasteiger partial charge in [-0.2, -0.15) is 0 Å². The van der Waals surface area contributed by atoms with E-state index in [9.17, 15) is 0 Å². The molecule has 0 aromatic rings. The second kappa shape index (κ2) is 4.23.